The molecule has 1 aliphatic carbocycles. The van der Waals surface area contributed by atoms with Gasteiger partial charge in [0.1, 0.15) is 10.4 Å². The van der Waals surface area contributed by atoms with Gasteiger partial charge in [-0.25, -0.2) is 4.98 Å². The number of aliphatic hydroxyl groups is 1. The van der Waals surface area contributed by atoms with Gasteiger partial charge in [0.25, 0.3) is 0 Å². The van der Waals surface area contributed by atoms with Crippen LogP contribution in [0.4, 0.5) is 0 Å². The Kier molecular flexibility index (Phi) is 2.80. The van der Waals surface area contributed by atoms with Gasteiger partial charge in [-0.3, -0.25) is 0 Å². The average molecular weight is 250 g/mol. The number of hydrogen-bond donors (Lipinski definition) is 1. The van der Waals surface area contributed by atoms with Crippen LogP contribution in [0.1, 0.15) is 55.8 Å². The maximum absolute atomic E-state index is 10.1. The van der Waals surface area contributed by atoms with E-state index in [0.29, 0.717) is 0 Å². The van der Waals surface area contributed by atoms with Gasteiger partial charge in [-0.15, -0.1) is 11.3 Å². The lowest BCUT2D eigenvalue weighted by Gasteiger charge is -2.31. The molecule has 1 N–H and O–H groups in total. The molecular formula is C13H18N2OS. The Balaban J connectivity index is 2.44. The Bertz CT molecular complexity index is 482. The number of hydrogen-bond acceptors (Lipinski definition) is 4. The van der Waals surface area contributed by atoms with Crippen LogP contribution in [-0.2, 0) is 11.8 Å². The summed E-state index contributed by atoms with van der Waals surface area (Å²) in [5.74, 6) is 0. The molecule has 92 valence electrons. The molecule has 2 rings (SSSR count). The lowest BCUT2D eigenvalue weighted by molar-refractivity contribution is 0.102. The summed E-state index contributed by atoms with van der Waals surface area (Å²) in [4.78, 5) is 5.54. The van der Waals surface area contributed by atoms with Crippen molar-refractivity contribution < 1.29 is 5.11 Å². The van der Waals surface area contributed by atoms with E-state index < -0.39 is 11.5 Å². The van der Waals surface area contributed by atoms with Crippen molar-refractivity contribution in [2.24, 2.45) is 5.41 Å². The largest absolute Gasteiger partial charge is 0.387 e. The standard InChI is InChI=1S/C13H18N2OS/c1-12(2)5-8-10(9(16)6-12)17-11(15-8)13(3,4)7-14/h9,16H,5-6H2,1-4H3. The Morgan fingerprint density at radius 1 is 1.53 bits per heavy atom. The predicted molar refractivity (Wildman–Crippen MR) is 67.8 cm³/mol. The topological polar surface area (TPSA) is 56.9 Å². The number of rotatable bonds is 1. The molecule has 0 fully saturated rings. The second-order valence-electron chi connectivity index (χ2n) is 6.13. The first-order valence-corrected chi connectivity index (χ1v) is 6.66. The van der Waals surface area contributed by atoms with E-state index in [1.54, 1.807) is 0 Å². The smallest absolute Gasteiger partial charge is 0.113 e. The van der Waals surface area contributed by atoms with Crippen LogP contribution in [0.3, 0.4) is 0 Å². The number of fused-ring (bicyclic) bond motifs is 1. The zero-order chi connectivity index (χ0) is 12.8. The summed E-state index contributed by atoms with van der Waals surface area (Å²) in [5.41, 5.74) is 0.512. The van der Waals surface area contributed by atoms with Gasteiger partial charge in [0, 0.05) is 0 Å². The summed E-state index contributed by atoms with van der Waals surface area (Å²) in [5, 5.41) is 20.1. The fraction of sp³-hybridized carbons (Fsp3) is 0.692. The van der Waals surface area contributed by atoms with Gasteiger partial charge >= 0.3 is 0 Å². The van der Waals surface area contributed by atoms with Crippen molar-refractivity contribution >= 4 is 11.3 Å². The van der Waals surface area contributed by atoms with Crippen LogP contribution in [0, 0.1) is 16.7 Å². The molecule has 0 aromatic carbocycles. The molecular weight excluding hydrogens is 232 g/mol. The second kappa shape index (κ2) is 3.79. The monoisotopic (exact) mass is 250 g/mol. The summed E-state index contributed by atoms with van der Waals surface area (Å²) in [6.07, 6.45) is 1.24. The summed E-state index contributed by atoms with van der Waals surface area (Å²) >= 11 is 1.49. The number of nitrogens with zero attached hydrogens (tertiary/aromatic N) is 2. The Morgan fingerprint density at radius 2 is 2.18 bits per heavy atom. The highest BCUT2D eigenvalue weighted by atomic mass is 32.1. The van der Waals surface area contributed by atoms with E-state index in [1.165, 1.54) is 11.3 Å². The van der Waals surface area contributed by atoms with E-state index in [2.05, 4.69) is 24.9 Å². The van der Waals surface area contributed by atoms with Crippen LogP contribution >= 0.6 is 11.3 Å². The van der Waals surface area contributed by atoms with Gasteiger partial charge in [-0.2, -0.15) is 5.26 Å². The van der Waals surface area contributed by atoms with E-state index in [0.717, 1.165) is 28.4 Å². The van der Waals surface area contributed by atoms with E-state index in [1.807, 2.05) is 13.8 Å². The molecule has 0 aliphatic heterocycles. The maximum Gasteiger partial charge on any atom is 0.113 e. The van der Waals surface area contributed by atoms with Crippen LogP contribution in [0.2, 0.25) is 0 Å². The fourth-order valence-corrected chi connectivity index (χ4v) is 3.33. The second-order valence-corrected chi connectivity index (χ2v) is 7.16. The molecule has 0 saturated heterocycles. The third-order valence-corrected chi connectivity index (χ3v) is 4.76. The van der Waals surface area contributed by atoms with Crippen molar-refractivity contribution in [1.29, 1.82) is 5.26 Å². The van der Waals surface area contributed by atoms with E-state index in [-0.39, 0.29) is 5.41 Å². The summed E-state index contributed by atoms with van der Waals surface area (Å²) in [7, 11) is 0. The van der Waals surface area contributed by atoms with Crippen LogP contribution in [0.25, 0.3) is 0 Å². The summed E-state index contributed by atoms with van der Waals surface area (Å²) < 4.78 is 0. The van der Waals surface area contributed by atoms with Crippen molar-refractivity contribution in [3.8, 4) is 6.07 Å². The number of thiazole rings is 1. The molecule has 3 nitrogen and oxygen atoms in total. The van der Waals surface area contributed by atoms with Crippen molar-refractivity contribution in [2.75, 3.05) is 0 Å². The van der Waals surface area contributed by atoms with Crippen LogP contribution in [0.5, 0.6) is 0 Å². The molecule has 0 amide bonds. The summed E-state index contributed by atoms with van der Waals surface area (Å²) in [6, 6.07) is 2.27. The van der Waals surface area contributed by atoms with Crippen molar-refractivity contribution in [2.45, 2.75) is 52.1 Å². The van der Waals surface area contributed by atoms with Crippen molar-refractivity contribution in [3.05, 3.63) is 15.6 Å². The fourth-order valence-electron chi connectivity index (χ4n) is 2.21. The lowest BCUT2D eigenvalue weighted by Crippen LogP contribution is -2.24. The van der Waals surface area contributed by atoms with Gasteiger partial charge in [0.05, 0.1) is 22.7 Å². The normalized spacial score (nSPS) is 22.9. The minimum Gasteiger partial charge on any atom is -0.387 e. The molecule has 1 aliphatic rings. The van der Waals surface area contributed by atoms with Gasteiger partial charge in [0.15, 0.2) is 0 Å². The molecule has 4 heteroatoms. The van der Waals surface area contributed by atoms with Gasteiger partial charge in [0.2, 0.25) is 0 Å². The zero-order valence-electron chi connectivity index (χ0n) is 10.7. The average Bonchev–Trinajstić information content (AvgIpc) is 2.60. The molecule has 1 aromatic rings. The third kappa shape index (κ3) is 2.22. The quantitative estimate of drug-likeness (QED) is 0.833. The first-order chi connectivity index (χ1) is 7.75. The third-order valence-electron chi connectivity index (χ3n) is 3.24. The predicted octanol–water partition coefficient (Wildman–Crippen LogP) is 2.95. The SMILES string of the molecule is CC1(C)Cc2nc(C(C)(C)C#N)sc2C(O)C1. The van der Waals surface area contributed by atoms with Crippen LogP contribution in [-0.4, -0.2) is 10.1 Å². The van der Waals surface area contributed by atoms with Crippen LogP contribution < -0.4 is 0 Å². The minimum absolute atomic E-state index is 0.0918. The maximum atomic E-state index is 10.1. The molecule has 1 aromatic heterocycles. The van der Waals surface area contributed by atoms with E-state index >= 15 is 0 Å². The Morgan fingerprint density at radius 3 is 2.76 bits per heavy atom. The van der Waals surface area contributed by atoms with Crippen molar-refractivity contribution in [3.63, 3.8) is 0 Å². The molecule has 0 radical (unpaired) electrons. The highest BCUT2D eigenvalue weighted by Crippen LogP contribution is 2.44. The first kappa shape index (κ1) is 12.5. The Labute approximate surface area is 106 Å². The number of nitriles is 1. The molecule has 0 spiro atoms. The molecule has 17 heavy (non-hydrogen) atoms. The lowest BCUT2D eigenvalue weighted by atomic mass is 9.77. The van der Waals surface area contributed by atoms with Gasteiger partial charge in [-0.05, 0) is 32.1 Å². The number of aliphatic hydroxyl groups excluding tert-OH is 1. The zero-order valence-corrected chi connectivity index (χ0v) is 11.6. The minimum atomic E-state index is -0.564. The first-order valence-electron chi connectivity index (χ1n) is 5.84. The Hall–Kier alpha value is -0.920. The van der Waals surface area contributed by atoms with E-state index in [4.69, 9.17) is 5.26 Å². The number of aromatic nitrogens is 1. The molecule has 0 saturated carbocycles. The molecule has 1 unspecified atom stereocenters. The molecule has 1 heterocycles. The van der Waals surface area contributed by atoms with E-state index in [9.17, 15) is 5.11 Å². The molecule has 1 atom stereocenters. The highest BCUT2D eigenvalue weighted by molar-refractivity contribution is 7.12. The highest BCUT2D eigenvalue weighted by Gasteiger charge is 2.36. The van der Waals surface area contributed by atoms with Crippen LogP contribution in [0.15, 0.2) is 0 Å². The summed E-state index contributed by atoms with van der Waals surface area (Å²) in [6.45, 7) is 8.03. The van der Waals surface area contributed by atoms with Crippen molar-refractivity contribution in [1.82, 2.24) is 4.98 Å². The molecule has 0 bridgehead atoms. The van der Waals surface area contributed by atoms with Gasteiger partial charge in [-0.1, -0.05) is 13.8 Å². The van der Waals surface area contributed by atoms with Gasteiger partial charge < -0.3 is 5.11 Å².